The Balaban J connectivity index is 1.52. The standard InChI is InChI=1S/C19H19F3N2O2/c1-12(17-8-7-14(10-23-17)26-11-19(20,21)22)24-18(25)16-9-15(16)13-5-3-2-4-6-13/h2-8,10,12,15-16H,9,11H2,1H3,(H,24,25)/t12-,15?,16?/m0/s1. The molecular formula is C19H19F3N2O2. The number of nitrogens with zero attached hydrogens (tertiary/aromatic N) is 1. The summed E-state index contributed by atoms with van der Waals surface area (Å²) in [6.45, 7) is 0.430. The number of carbonyl (C=O) groups excluding carboxylic acids is 1. The molecule has 1 aromatic heterocycles. The van der Waals surface area contributed by atoms with Crippen molar-refractivity contribution in [3.05, 3.63) is 59.9 Å². The molecule has 0 spiro atoms. The van der Waals surface area contributed by atoms with Gasteiger partial charge >= 0.3 is 6.18 Å². The van der Waals surface area contributed by atoms with E-state index >= 15 is 0 Å². The quantitative estimate of drug-likeness (QED) is 0.843. The summed E-state index contributed by atoms with van der Waals surface area (Å²) in [6.07, 6.45) is -2.34. The third kappa shape index (κ3) is 4.74. The van der Waals surface area contributed by atoms with E-state index in [0.29, 0.717) is 5.69 Å². The number of alkyl halides is 3. The summed E-state index contributed by atoms with van der Waals surface area (Å²) in [4.78, 5) is 16.4. The monoisotopic (exact) mass is 364 g/mol. The zero-order valence-electron chi connectivity index (χ0n) is 14.2. The highest BCUT2D eigenvalue weighted by atomic mass is 19.4. The van der Waals surface area contributed by atoms with Crippen molar-refractivity contribution >= 4 is 5.91 Å². The van der Waals surface area contributed by atoms with Gasteiger partial charge in [-0.05, 0) is 37.0 Å². The molecule has 2 aromatic rings. The maximum absolute atomic E-state index is 12.4. The molecule has 0 bridgehead atoms. The summed E-state index contributed by atoms with van der Waals surface area (Å²) in [6, 6.07) is 12.5. The molecule has 2 unspecified atom stereocenters. The highest BCUT2D eigenvalue weighted by molar-refractivity contribution is 5.83. The Bertz CT molecular complexity index is 748. The van der Waals surface area contributed by atoms with Crippen molar-refractivity contribution in [2.75, 3.05) is 6.61 Å². The molecule has 0 aliphatic heterocycles. The predicted octanol–water partition coefficient (Wildman–Crippen LogP) is 4.00. The topological polar surface area (TPSA) is 51.2 Å². The second kappa shape index (κ2) is 7.35. The summed E-state index contributed by atoms with van der Waals surface area (Å²) in [5.74, 6) is 0.199. The molecule has 1 amide bonds. The van der Waals surface area contributed by atoms with Gasteiger partial charge in [-0.1, -0.05) is 30.3 Å². The van der Waals surface area contributed by atoms with E-state index in [4.69, 9.17) is 0 Å². The molecule has 1 saturated carbocycles. The van der Waals surface area contributed by atoms with Crippen molar-refractivity contribution in [3.63, 3.8) is 0 Å². The Morgan fingerprint density at radius 1 is 1.27 bits per heavy atom. The van der Waals surface area contributed by atoms with E-state index < -0.39 is 12.8 Å². The zero-order chi connectivity index (χ0) is 18.7. The molecule has 1 heterocycles. The van der Waals surface area contributed by atoms with Crippen molar-refractivity contribution in [1.29, 1.82) is 0 Å². The number of pyridine rings is 1. The van der Waals surface area contributed by atoms with Gasteiger partial charge in [0, 0.05) is 5.92 Å². The van der Waals surface area contributed by atoms with Crippen LogP contribution in [0.3, 0.4) is 0 Å². The smallest absolute Gasteiger partial charge is 0.422 e. The number of benzene rings is 1. The summed E-state index contributed by atoms with van der Waals surface area (Å²) < 4.78 is 41.0. The molecule has 7 heteroatoms. The molecule has 138 valence electrons. The maximum Gasteiger partial charge on any atom is 0.422 e. The van der Waals surface area contributed by atoms with Crippen molar-refractivity contribution in [1.82, 2.24) is 10.3 Å². The normalized spacial score (nSPS) is 20.3. The van der Waals surface area contributed by atoms with E-state index in [1.807, 2.05) is 30.3 Å². The third-order valence-corrected chi connectivity index (χ3v) is 4.32. The maximum atomic E-state index is 12.4. The average molecular weight is 364 g/mol. The fourth-order valence-corrected chi connectivity index (χ4v) is 2.85. The first-order valence-corrected chi connectivity index (χ1v) is 8.34. The van der Waals surface area contributed by atoms with Gasteiger partial charge in [-0.2, -0.15) is 13.2 Å². The second-order valence-electron chi connectivity index (χ2n) is 6.41. The number of ether oxygens (including phenoxy) is 1. The van der Waals surface area contributed by atoms with Gasteiger partial charge in [0.15, 0.2) is 6.61 Å². The molecule has 1 aromatic carbocycles. The lowest BCUT2D eigenvalue weighted by Gasteiger charge is -2.14. The third-order valence-electron chi connectivity index (χ3n) is 4.32. The highest BCUT2D eigenvalue weighted by Crippen LogP contribution is 2.47. The van der Waals surface area contributed by atoms with Crippen LogP contribution < -0.4 is 10.1 Å². The molecule has 3 atom stereocenters. The summed E-state index contributed by atoms with van der Waals surface area (Å²) in [7, 11) is 0. The molecule has 3 rings (SSSR count). The van der Waals surface area contributed by atoms with Crippen molar-refractivity contribution in [2.24, 2.45) is 5.92 Å². The van der Waals surface area contributed by atoms with Crippen LogP contribution in [0, 0.1) is 5.92 Å². The van der Waals surface area contributed by atoms with Crippen LogP contribution in [0.1, 0.15) is 36.6 Å². The van der Waals surface area contributed by atoms with Gasteiger partial charge < -0.3 is 10.1 Å². The molecule has 26 heavy (non-hydrogen) atoms. The van der Waals surface area contributed by atoms with Gasteiger partial charge in [-0.3, -0.25) is 9.78 Å². The molecule has 0 saturated heterocycles. The Kier molecular flexibility index (Phi) is 5.15. The van der Waals surface area contributed by atoms with Crippen LogP contribution in [-0.4, -0.2) is 23.7 Å². The number of aromatic nitrogens is 1. The minimum atomic E-state index is -4.39. The zero-order valence-corrected chi connectivity index (χ0v) is 14.2. The number of hydrogen-bond acceptors (Lipinski definition) is 3. The summed E-state index contributed by atoms with van der Waals surface area (Å²) in [5.41, 5.74) is 1.72. The number of halogens is 3. The Morgan fingerprint density at radius 2 is 2.00 bits per heavy atom. The molecule has 4 nitrogen and oxygen atoms in total. The SMILES string of the molecule is C[C@H](NC(=O)C1CC1c1ccccc1)c1ccc(OCC(F)(F)F)cn1. The summed E-state index contributed by atoms with van der Waals surface area (Å²) >= 11 is 0. The second-order valence-corrected chi connectivity index (χ2v) is 6.41. The first-order chi connectivity index (χ1) is 12.3. The Labute approximate surface area is 149 Å². The van der Waals surface area contributed by atoms with E-state index in [1.165, 1.54) is 12.3 Å². The van der Waals surface area contributed by atoms with Crippen LogP contribution in [0.4, 0.5) is 13.2 Å². The lowest BCUT2D eigenvalue weighted by atomic mass is 10.1. The van der Waals surface area contributed by atoms with Gasteiger partial charge in [0.05, 0.1) is 17.9 Å². The van der Waals surface area contributed by atoms with Crippen molar-refractivity contribution in [2.45, 2.75) is 31.5 Å². The van der Waals surface area contributed by atoms with Gasteiger partial charge in [0.25, 0.3) is 0 Å². The van der Waals surface area contributed by atoms with E-state index in [9.17, 15) is 18.0 Å². The number of hydrogen-bond donors (Lipinski definition) is 1. The van der Waals surface area contributed by atoms with Crippen LogP contribution in [0.25, 0.3) is 0 Å². The van der Waals surface area contributed by atoms with Gasteiger partial charge in [-0.25, -0.2) is 0 Å². The van der Waals surface area contributed by atoms with Gasteiger partial charge in [0.2, 0.25) is 5.91 Å². The molecule has 1 aliphatic carbocycles. The fraction of sp³-hybridized carbons (Fsp3) is 0.368. The lowest BCUT2D eigenvalue weighted by Crippen LogP contribution is -2.29. The van der Waals surface area contributed by atoms with Gasteiger partial charge in [-0.15, -0.1) is 0 Å². The van der Waals surface area contributed by atoms with Crippen molar-refractivity contribution < 1.29 is 22.7 Å². The van der Waals surface area contributed by atoms with E-state index in [2.05, 4.69) is 15.0 Å². The first-order valence-electron chi connectivity index (χ1n) is 8.34. The Morgan fingerprint density at radius 3 is 2.62 bits per heavy atom. The minimum absolute atomic E-state index is 0.0365. The minimum Gasteiger partial charge on any atom is -0.483 e. The van der Waals surface area contributed by atoms with Gasteiger partial charge in [0.1, 0.15) is 5.75 Å². The van der Waals surface area contributed by atoms with Crippen LogP contribution in [0.15, 0.2) is 48.7 Å². The van der Waals surface area contributed by atoms with Crippen LogP contribution in [0.2, 0.25) is 0 Å². The van der Waals surface area contributed by atoms with E-state index in [1.54, 1.807) is 13.0 Å². The number of amides is 1. The average Bonchev–Trinajstić information content (AvgIpc) is 3.41. The largest absolute Gasteiger partial charge is 0.483 e. The molecule has 1 aliphatic rings. The molecule has 1 N–H and O–H groups in total. The summed E-state index contributed by atoms with van der Waals surface area (Å²) in [5, 5.41) is 2.91. The highest BCUT2D eigenvalue weighted by Gasteiger charge is 2.44. The fourth-order valence-electron chi connectivity index (χ4n) is 2.85. The van der Waals surface area contributed by atoms with Crippen molar-refractivity contribution in [3.8, 4) is 5.75 Å². The molecular weight excluding hydrogens is 345 g/mol. The number of nitrogens with one attached hydrogen (secondary N) is 1. The van der Waals surface area contributed by atoms with E-state index in [-0.39, 0.29) is 29.5 Å². The number of rotatable bonds is 6. The van der Waals surface area contributed by atoms with Crippen LogP contribution in [-0.2, 0) is 4.79 Å². The predicted molar refractivity (Wildman–Crippen MR) is 89.6 cm³/mol. The number of carbonyl (C=O) groups is 1. The Hall–Kier alpha value is -2.57. The van der Waals surface area contributed by atoms with Crippen LogP contribution >= 0.6 is 0 Å². The molecule has 1 fully saturated rings. The first kappa shape index (κ1) is 18.2. The van der Waals surface area contributed by atoms with E-state index in [0.717, 1.165) is 12.0 Å². The lowest BCUT2D eigenvalue weighted by molar-refractivity contribution is -0.153. The molecule has 0 radical (unpaired) electrons. The van der Waals surface area contributed by atoms with Crippen LogP contribution in [0.5, 0.6) is 5.75 Å².